The number of rotatable bonds is 2. The van der Waals surface area contributed by atoms with Gasteiger partial charge in [-0.25, -0.2) is 9.78 Å². The van der Waals surface area contributed by atoms with Crippen molar-refractivity contribution in [2.24, 2.45) is 0 Å². The quantitative estimate of drug-likeness (QED) is 0.857. The number of hydrogen-bond donors (Lipinski definition) is 1. The summed E-state index contributed by atoms with van der Waals surface area (Å²) in [4.78, 5) is 19.0. The first kappa shape index (κ1) is 11.3. The maximum atomic E-state index is 11.0. The van der Waals surface area contributed by atoms with E-state index in [4.69, 9.17) is 5.11 Å². The first-order chi connectivity index (χ1) is 8.09. The molecule has 0 radical (unpaired) electrons. The van der Waals surface area contributed by atoms with Gasteiger partial charge in [0.2, 0.25) is 0 Å². The lowest BCUT2D eigenvalue weighted by atomic mass is 10.0. The van der Waals surface area contributed by atoms with Crippen molar-refractivity contribution in [2.45, 2.75) is 13.8 Å². The Labute approximate surface area is 99.0 Å². The van der Waals surface area contributed by atoms with Gasteiger partial charge in [0.1, 0.15) is 5.69 Å². The second-order valence-corrected chi connectivity index (χ2v) is 3.86. The van der Waals surface area contributed by atoms with Crippen molar-refractivity contribution in [3.8, 4) is 11.3 Å². The molecule has 0 unspecified atom stereocenters. The predicted molar refractivity (Wildman–Crippen MR) is 63.9 cm³/mol. The van der Waals surface area contributed by atoms with Crippen LogP contribution in [0, 0.1) is 13.8 Å². The molecule has 4 heteroatoms. The lowest BCUT2D eigenvalue weighted by Gasteiger charge is -2.06. The van der Waals surface area contributed by atoms with Gasteiger partial charge in [-0.05, 0) is 31.0 Å². The van der Waals surface area contributed by atoms with E-state index in [9.17, 15) is 4.79 Å². The van der Waals surface area contributed by atoms with Crippen LogP contribution in [0.25, 0.3) is 11.3 Å². The third-order valence-corrected chi connectivity index (χ3v) is 2.68. The van der Waals surface area contributed by atoms with Crippen molar-refractivity contribution in [3.63, 3.8) is 0 Å². The molecule has 1 aromatic carbocycles. The highest BCUT2D eigenvalue weighted by molar-refractivity contribution is 5.92. The van der Waals surface area contributed by atoms with Gasteiger partial charge in [0.25, 0.3) is 0 Å². The molecular formula is C13H12N2O2. The van der Waals surface area contributed by atoms with Crippen LogP contribution in [0.4, 0.5) is 0 Å². The van der Waals surface area contributed by atoms with Crippen LogP contribution in [-0.4, -0.2) is 21.0 Å². The van der Waals surface area contributed by atoms with Crippen LogP contribution in [0.1, 0.15) is 21.6 Å². The molecule has 0 aliphatic rings. The average Bonchev–Trinajstić information content (AvgIpc) is 2.32. The number of aromatic carboxylic acids is 1. The molecule has 0 saturated heterocycles. The third kappa shape index (κ3) is 2.15. The summed E-state index contributed by atoms with van der Waals surface area (Å²) >= 11 is 0. The molecule has 2 rings (SSSR count). The van der Waals surface area contributed by atoms with Gasteiger partial charge >= 0.3 is 5.97 Å². The summed E-state index contributed by atoms with van der Waals surface area (Å²) in [5.74, 6) is -1.06. The SMILES string of the molecule is Cc1ccc(-c2nccnc2C(=O)O)cc1C. The van der Waals surface area contributed by atoms with Crippen molar-refractivity contribution in [1.82, 2.24) is 9.97 Å². The zero-order valence-electron chi connectivity index (χ0n) is 9.64. The Morgan fingerprint density at radius 3 is 2.47 bits per heavy atom. The van der Waals surface area contributed by atoms with Crippen LogP contribution in [-0.2, 0) is 0 Å². The van der Waals surface area contributed by atoms with Crippen molar-refractivity contribution < 1.29 is 9.90 Å². The molecule has 0 aliphatic carbocycles. The molecule has 0 saturated carbocycles. The minimum Gasteiger partial charge on any atom is -0.476 e. The van der Waals surface area contributed by atoms with Gasteiger partial charge in [-0.2, -0.15) is 0 Å². The zero-order valence-corrected chi connectivity index (χ0v) is 9.64. The molecule has 2 aromatic rings. The number of carboxylic acids is 1. The Morgan fingerprint density at radius 2 is 1.82 bits per heavy atom. The highest BCUT2D eigenvalue weighted by Gasteiger charge is 2.14. The Bertz CT molecular complexity index is 579. The van der Waals surface area contributed by atoms with Gasteiger partial charge in [0.05, 0.1) is 0 Å². The fraction of sp³-hybridized carbons (Fsp3) is 0.154. The van der Waals surface area contributed by atoms with E-state index in [2.05, 4.69) is 9.97 Å². The molecule has 1 heterocycles. The number of carbonyl (C=O) groups is 1. The van der Waals surface area contributed by atoms with E-state index in [1.807, 2.05) is 32.0 Å². The molecule has 1 N–H and O–H groups in total. The molecular weight excluding hydrogens is 216 g/mol. The first-order valence-corrected chi connectivity index (χ1v) is 5.21. The highest BCUT2D eigenvalue weighted by Crippen LogP contribution is 2.22. The number of aryl methyl sites for hydroxylation is 2. The summed E-state index contributed by atoms with van der Waals surface area (Å²) in [6.07, 6.45) is 2.88. The molecule has 0 aliphatic heterocycles. The summed E-state index contributed by atoms with van der Waals surface area (Å²) in [5, 5.41) is 9.05. The third-order valence-electron chi connectivity index (χ3n) is 2.68. The number of nitrogens with zero attached hydrogens (tertiary/aromatic N) is 2. The molecule has 17 heavy (non-hydrogen) atoms. The van der Waals surface area contributed by atoms with Gasteiger partial charge in [-0.3, -0.25) is 4.98 Å². The van der Waals surface area contributed by atoms with E-state index in [1.54, 1.807) is 0 Å². The minimum absolute atomic E-state index is 0.0178. The van der Waals surface area contributed by atoms with Gasteiger partial charge in [-0.15, -0.1) is 0 Å². The summed E-state index contributed by atoms with van der Waals surface area (Å²) in [6.45, 7) is 3.99. The maximum Gasteiger partial charge on any atom is 0.356 e. The molecule has 0 amide bonds. The van der Waals surface area contributed by atoms with Crippen LogP contribution in [0.2, 0.25) is 0 Å². The molecule has 86 valence electrons. The Balaban J connectivity index is 2.60. The summed E-state index contributed by atoms with van der Waals surface area (Å²) in [5.41, 5.74) is 3.43. The van der Waals surface area contributed by atoms with Gasteiger partial charge in [0.15, 0.2) is 5.69 Å². The van der Waals surface area contributed by atoms with E-state index >= 15 is 0 Å². The standard InChI is InChI=1S/C13H12N2O2/c1-8-3-4-10(7-9(8)2)11-12(13(16)17)15-6-5-14-11/h3-7H,1-2H3,(H,16,17). The fourth-order valence-corrected chi connectivity index (χ4v) is 1.59. The number of benzene rings is 1. The van der Waals surface area contributed by atoms with Crippen molar-refractivity contribution in [3.05, 3.63) is 47.4 Å². The smallest absolute Gasteiger partial charge is 0.356 e. The largest absolute Gasteiger partial charge is 0.476 e. The lowest BCUT2D eigenvalue weighted by molar-refractivity contribution is 0.0691. The monoisotopic (exact) mass is 228 g/mol. The Kier molecular flexibility index (Phi) is 2.87. The first-order valence-electron chi connectivity index (χ1n) is 5.21. The normalized spacial score (nSPS) is 10.2. The number of aromatic nitrogens is 2. The molecule has 4 nitrogen and oxygen atoms in total. The molecule has 1 aromatic heterocycles. The summed E-state index contributed by atoms with van der Waals surface area (Å²) < 4.78 is 0. The molecule has 0 spiro atoms. The van der Waals surface area contributed by atoms with Crippen LogP contribution >= 0.6 is 0 Å². The van der Waals surface area contributed by atoms with Crippen LogP contribution in [0.3, 0.4) is 0 Å². The second kappa shape index (κ2) is 4.33. The molecule has 0 fully saturated rings. The van der Waals surface area contributed by atoms with Crippen molar-refractivity contribution in [2.75, 3.05) is 0 Å². The number of hydrogen-bond acceptors (Lipinski definition) is 3. The highest BCUT2D eigenvalue weighted by atomic mass is 16.4. The van der Waals surface area contributed by atoms with Gasteiger partial charge < -0.3 is 5.11 Å². The maximum absolute atomic E-state index is 11.0. The average molecular weight is 228 g/mol. The second-order valence-electron chi connectivity index (χ2n) is 3.86. The van der Waals surface area contributed by atoms with Crippen LogP contribution in [0.5, 0.6) is 0 Å². The van der Waals surface area contributed by atoms with Crippen molar-refractivity contribution in [1.29, 1.82) is 0 Å². The van der Waals surface area contributed by atoms with E-state index in [0.717, 1.165) is 16.7 Å². The fourth-order valence-electron chi connectivity index (χ4n) is 1.59. The Morgan fingerprint density at radius 1 is 1.12 bits per heavy atom. The van der Waals surface area contributed by atoms with Crippen LogP contribution in [0.15, 0.2) is 30.6 Å². The van der Waals surface area contributed by atoms with E-state index in [0.29, 0.717) is 5.69 Å². The van der Waals surface area contributed by atoms with Gasteiger partial charge in [0, 0.05) is 18.0 Å². The van der Waals surface area contributed by atoms with E-state index in [-0.39, 0.29) is 5.69 Å². The van der Waals surface area contributed by atoms with Crippen LogP contribution < -0.4 is 0 Å². The number of carboxylic acid groups (broad SMARTS) is 1. The van der Waals surface area contributed by atoms with E-state index in [1.165, 1.54) is 12.4 Å². The van der Waals surface area contributed by atoms with Crippen molar-refractivity contribution >= 4 is 5.97 Å². The van der Waals surface area contributed by atoms with E-state index < -0.39 is 5.97 Å². The predicted octanol–water partition coefficient (Wildman–Crippen LogP) is 2.46. The lowest BCUT2D eigenvalue weighted by Crippen LogP contribution is -2.04. The zero-order chi connectivity index (χ0) is 12.4. The topological polar surface area (TPSA) is 63.1 Å². The van der Waals surface area contributed by atoms with Gasteiger partial charge in [-0.1, -0.05) is 12.1 Å². The minimum atomic E-state index is -1.06. The molecule has 0 bridgehead atoms. The Hall–Kier alpha value is -2.23. The summed E-state index contributed by atoms with van der Waals surface area (Å²) in [6, 6.07) is 5.73. The summed E-state index contributed by atoms with van der Waals surface area (Å²) in [7, 11) is 0. The molecule has 0 atom stereocenters.